The molecule has 19 heavy (non-hydrogen) atoms. The van der Waals surface area contributed by atoms with Crippen LogP contribution in [0.2, 0.25) is 0 Å². The first-order valence-corrected chi connectivity index (χ1v) is 7.30. The molecule has 1 rings (SSSR count). The lowest BCUT2D eigenvalue weighted by Crippen LogP contribution is -2.28. The second-order valence-electron chi connectivity index (χ2n) is 4.55. The summed E-state index contributed by atoms with van der Waals surface area (Å²) in [5.41, 5.74) is 1.22. The first-order chi connectivity index (χ1) is 9.30. The molecular weight excluding hydrogens is 238 g/mol. The summed E-state index contributed by atoms with van der Waals surface area (Å²) in [5, 5.41) is 3.38. The van der Waals surface area contributed by atoms with Gasteiger partial charge in [0.1, 0.15) is 6.61 Å². The highest BCUT2D eigenvalue weighted by Crippen LogP contribution is 2.09. The molecule has 0 unspecified atom stereocenters. The van der Waals surface area contributed by atoms with Crippen LogP contribution in [0, 0.1) is 0 Å². The van der Waals surface area contributed by atoms with Gasteiger partial charge in [-0.1, -0.05) is 20.8 Å². The highest BCUT2D eigenvalue weighted by molar-refractivity contribution is 5.20. The Morgan fingerprint density at radius 3 is 2.74 bits per heavy atom. The van der Waals surface area contributed by atoms with Crippen LogP contribution in [-0.2, 0) is 6.54 Å². The van der Waals surface area contributed by atoms with Gasteiger partial charge in [0, 0.05) is 25.4 Å². The van der Waals surface area contributed by atoms with Gasteiger partial charge in [-0.05, 0) is 37.7 Å². The third-order valence-corrected chi connectivity index (χ3v) is 3.11. The van der Waals surface area contributed by atoms with Gasteiger partial charge >= 0.3 is 0 Å². The van der Waals surface area contributed by atoms with E-state index in [0.717, 1.165) is 45.0 Å². The van der Waals surface area contributed by atoms with Crippen molar-refractivity contribution < 1.29 is 4.74 Å². The van der Waals surface area contributed by atoms with Gasteiger partial charge in [0.2, 0.25) is 5.88 Å². The number of hydrogen-bond acceptors (Lipinski definition) is 4. The monoisotopic (exact) mass is 265 g/mol. The number of nitrogens with one attached hydrogen (secondary N) is 1. The Kier molecular flexibility index (Phi) is 8.18. The maximum absolute atomic E-state index is 5.71. The smallest absolute Gasteiger partial charge is 0.213 e. The van der Waals surface area contributed by atoms with Crippen molar-refractivity contribution >= 4 is 0 Å². The molecule has 0 spiro atoms. The van der Waals surface area contributed by atoms with E-state index >= 15 is 0 Å². The minimum Gasteiger partial charge on any atom is -0.476 e. The van der Waals surface area contributed by atoms with Crippen molar-refractivity contribution in [3.8, 4) is 5.88 Å². The van der Waals surface area contributed by atoms with Crippen LogP contribution in [0.15, 0.2) is 18.3 Å². The molecule has 0 aliphatic heterocycles. The zero-order valence-corrected chi connectivity index (χ0v) is 12.5. The number of nitrogens with zero attached hydrogens (tertiary/aromatic N) is 2. The average molecular weight is 265 g/mol. The predicted octanol–water partition coefficient (Wildman–Crippen LogP) is 2.30. The Morgan fingerprint density at radius 1 is 1.26 bits per heavy atom. The Balaban J connectivity index is 2.35. The van der Waals surface area contributed by atoms with Crippen molar-refractivity contribution in [1.29, 1.82) is 0 Å². The van der Waals surface area contributed by atoms with Crippen molar-refractivity contribution in [2.24, 2.45) is 0 Å². The van der Waals surface area contributed by atoms with Crippen molar-refractivity contribution in [3.63, 3.8) is 0 Å². The first-order valence-electron chi connectivity index (χ1n) is 7.30. The Hall–Kier alpha value is -1.13. The number of pyridine rings is 1. The third-order valence-electron chi connectivity index (χ3n) is 3.11. The number of hydrogen-bond donors (Lipinski definition) is 1. The van der Waals surface area contributed by atoms with Gasteiger partial charge in [-0.25, -0.2) is 4.98 Å². The molecule has 4 heteroatoms. The Morgan fingerprint density at radius 2 is 2.05 bits per heavy atom. The summed E-state index contributed by atoms with van der Waals surface area (Å²) in [6.07, 6.45) is 2.97. The second kappa shape index (κ2) is 9.75. The average Bonchev–Trinajstić information content (AvgIpc) is 2.44. The maximum Gasteiger partial charge on any atom is 0.213 e. The molecule has 4 nitrogen and oxygen atoms in total. The van der Waals surface area contributed by atoms with Gasteiger partial charge in [-0.2, -0.15) is 0 Å². The van der Waals surface area contributed by atoms with Crippen LogP contribution >= 0.6 is 0 Å². The van der Waals surface area contributed by atoms with E-state index in [0.29, 0.717) is 6.61 Å². The summed E-state index contributed by atoms with van der Waals surface area (Å²) in [6, 6.07) is 4.05. The van der Waals surface area contributed by atoms with Crippen LogP contribution < -0.4 is 10.1 Å². The molecule has 0 radical (unpaired) electrons. The SMILES string of the molecule is CCCNCc1ccnc(OCCN(CC)CC)c1. The molecule has 1 aromatic heterocycles. The van der Waals surface area contributed by atoms with Crippen LogP contribution in [0.3, 0.4) is 0 Å². The number of aromatic nitrogens is 1. The molecule has 0 atom stereocenters. The van der Waals surface area contributed by atoms with Crippen molar-refractivity contribution in [2.75, 3.05) is 32.8 Å². The molecule has 0 aliphatic carbocycles. The molecule has 1 N–H and O–H groups in total. The van der Waals surface area contributed by atoms with E-state index in [4.69, 9.17) is 4.74 Å². The second-order valence-corrected chi connectivity index (χ2v) is 4.55. The number of rotatable bonds is 10. The van der Waals surface area contributed by atoms with Gasteiger partial charge in [-0.3, -0.25) is 0 Å². The van der Waals surface area contributed by atoms with Gasteiger partial charge in [0.25, 0.3) is 0 Å². The molecule has 0 amide bonds. The van der Waals surface area contributed by atoms with Gasteiger partial charge in [0.05, 0.1) is 0 Å². The standard InChI is InChI=1S/C15H27N3O/c1-4-8-16-13-14-7-9-17-15(12-14)19-11-10-18(5-2)6-3/h7,9,12,16H,4-6,8,10-11,13H2,1-3H3. The molecule has 1 aromatic rings. The van der Waals surface area contributed by atoms with Crippen molar-refractivity contribution in [1.82, 2.24) is 15.2 Å². The van der Waals surface area contributed by atoms with Crippen molar-refractivity contribution in [3.05, 3.63) is 23.9 Å². The van der Waals surface area contributed by atoms with E-state index in [1.54, 1.807) is 0 Å². The van der Waals surface area contributed by atoms with E-state index in [2.05, 4.69) is 36.0 Å². The molecule has 0 aliphatic rings. The van der Waals surface area contributed by atoms with E-state index in [1.165, 1.54) is 5.56 Å². The molecule has 0 fully saturated rings. The van der Waals surface area contributed by atoms with Gasteiger partial charge in [-0.15, -0.1) is 0 Å². The lowest BCUT2D eigenvalue weighted by molar-refractivity contribution is 0.218. The fourth-order valence-corrected chi connectivity index (χ4v) is 1.87. The minimum absolute atomic E-state index is 0.695. The van der Waals surface area contributed by atoms with E-state index in [9.17, 15) is 0 Å². The lowest BCUT2D eigenvalue weighted by atomic mass is 10.2. The Labute approximate surface area is 117 Å². The predicted molar refractivity (Wildman–Crippen MR) is 79.5 cm³/mol. The quantitative estimate of drug-likeness (QED) is 0.659. The molecule has 1 heterocycles. The molecule has 108 valence electrons. The molecule has 0 bridgehead atoms. The fraction of sp³-hybridized carbons (Fsp3) is 0.667. The molecular formula is C15H27N3O. The summed E-state index contributed by atoms with van der Waals surface area (Å²) in [4.78, 5) is 6.59. The topological polar surface area (TPSA) is 37.4 Å². The van der Waals surface area contributed by atoms with Crippen LogP contribution in [0.1, 0.15) is 32.8 Å². The molecule has 0 saturated heterocycles. The fourth-order valence-electron chi connectivity index (χ4n) is 1.87. The van der Waals surface area contributed by atoms with Crippen LogP contribution in [-0.4, -0.2) is 42.7 Å². The van der Waals surface area contributed by atoms with E-state index in [1.807, 2.05) is 18.3 Å². The minimum atomic E-state index is 0.695. The highest BCUT2D eigenvalue weighted by Gasteiger charge is 2.01. The first kappa shape index (κ1) is 15.9. The summed E-state index contributed by atoms with van der Waals surface area (Å²) >= 11 is 0. The van der Waals surface area contributed by atoms with Crippen molar-refractivity contribution in [2.45, 2.75) is 33.7 Å². The maximum atomic E-state index is 5.71. The normalized spacial score (nSPS) is 10.9. The zero-order valence-electron chi connectivity index (χ0n) is 12.5. The largest absolute Gasteiger partial charge is 0.476 e. The summed E-state index contributed by atoms with van der Waals surface area (Å²) < 4.78 is 5.71. The van der Waals surface area contributed by atoms with Gasteiger partial charge in [0.15, 0.2) is 0 Å². The number of ether oxygens (including phenoxy) is 1. The summed E-state index contributed by atoms with van der Waals surface area (Å²) in [6.45, 7) is 12.2. The third kappa shape index (κ3) is 6.55. The highest BCUT2D eigenvalue weighted by atomic mass is 16.5. The van der Waals surface area contributed by atoms with Gasteiger partial charge < -0.3 is 15.0 Å². The Bertz CT molecular complexity index is 340. The molecule has 0 aromatic carbocycles. The number of likely N-dealkylation sites (N-methyl/N-ethyl adjacent to an activating group) is 1. The van der Waals surface area contributed by atoms with Crippen LogP contribution in [0.25, 0.3) is 0 Å². The summed E-state index contributed by atoms with van der Waals surface area (Å²) in [5.74, 6) is 0.725. The van der Waals surface area contributed by atoms with E-state index < -0.39 is 0 Å². The van der Waals surface area contributed by atoms with Crippen LogP contribution in [0.5, 0.6) is 5.88 Å². The van der Waals surface area contributed by atoms with E-state index in [-0.39, 0.29) is 0 Å². The van der Waals surface area contributed by atoms with Crippen LogP contribution in [0.4, 0.5) is 0 Å². The zero-order chi connectivity index (χ0) is 13.9. The molecule has 0 saturated carbocycles. The lowest BCUT2D eigenvalue weighted by Gasteiger charge is -2.17. The summed E-state index contributed by atoms with van der Waals surface area (Å²) in [7, 11) is 0.